The maximum atomic E-state index is 15.0. The van der Waals surface area contributed by atoms with Gasteiger partial charge in [0.15, 0.2) is 20.1 Å². The predicted octanol–water partition coefficient (Wildman–Crippen LogP) is 5.49. The molecular formula is C41H53N3O8Si. The van der Waals surface area contributed by atoms with E-state index in [1.807, 2.05) is 50.3 Å². The van der Waals surface area contributed by atoms with Crippen molar-refractivity contribution in [1.82, 2.24) is 4.90 Å². The zero-order valence-electron chi connectivity index (χ0n) is 31.9. The Morgan fingerprint density at radius 1 is 1.04 bits per heavy atom. The second-order valence-electron chi connectivity index (χ2n) is 15.9. The van der Waals surface area contributed by atoms with Gasteiger partial charge in [0.1, 0.15) is 0 Å². The van der Waals surface area contributed by atoms with Crippen LogP contribution in [0.2, 0.25) is 18.6 Å². The van der Waals surface area contributed by atoms with E-state index in [2.05, 4.69) is 32.9 Å². The van der Waals surface area contributed by atoms with E-state index in [1.165, 1.54) is 17.4 Å². The molecule has 6 rings (SSSR count). The van der Waals surface area contributed by atoms with Gasteiger partial charge in [-0.3, -0.25) is 24.1 Å². The third-order valence-corrected chi connectivity index (χ3v) is 13.9. The highest BCUT2D eigenvalue weighted by molar-refractivity contribution is 6.71. The second-order valence-corrected chi connectivity index (χ2v) is 19.9. The summed E-state index contributed by atoms with van der Waals surface area (Å²) in [5.74, 6) is -1.74. The Bertz CT molecular complexity index is 1850. The molecule has 284 valence electrons. The van der Waals surface area contributed by atoms with Crippen molar-refractivity contribution in [3.8, 4) is 0 Å². The summed E-state index contributed by atoms with van der Waals surface area (Å²) in [4.78, 5) is 70.7. The molecule has 1 unspecified atom stereocenters. The number of benzene rings is 2. The summed E-state index contributed by atoms with van der Waals surface area (Å²) < 4.78 is 12.4. The Balaban J connectivity index is 1.38. The minimum absolute atomic E-state index is 0.0585. The van der Waals surface area contributed by atoms with Crippen LogP contribution in [-0.4, -0.2) is 78.3 Å². The molecule has 0 saturated carbocycles. The van der Waals surface area contributed by atoms with Crippen molar-refractivity contribution < 1.29 is 38.6 Å². The van der Waals surface area contributed by atoms with Gasteiger partial charge in [0, 0.05) is 42.7 Å². The number of fused-ring (bicyclic) bond motifs is 3. The molecular weight excluding hydrogens is 691 g/mol. The number of aliphatic hydroxyl groups excluding tert-OH is 1. The van der Waals surface area contributed by atoms with E-state index in [-0.39, 0.29) is 37.2 Å². The van der Waals surface area contributed by atoms with Gasteiger partial charge in [-0.1, -0.05) is 54.5 Å². The predicted molar refractivity (Wildman–Crippen MR) is 204 cm³/mol. The average molecular weight is 744 g/mol. The first-order chi connectivity index (χ1) is 25.1. The molecule has 2 aromatic rings. The molecule has 3 amide bonds. The smallest absolute Gasteiger partial charge is 0.304 e. The average Bonchev–Trinajstić information content (AvgIpc) is 3.51. The number of rotatable bonds is 11. The monoisotopic (exact) mass is 743 g/mol. The number of nitrogens with zero attached hydrogens (tertiary/aromatic N) is 3. The van der Waals surface area contributed by atoms with Crippen molar-refractivity contribution in [2.24, 2.45) is 5.92 Å². The van der Waals surface area contributed by atoms with Crippen LogP contribution in [0.4, 0.5) is 11.4 Å². The molecule has 0 radical (unpaired) electrons. The van der Waals surface area contributed by atoms with Crippen LogP contribution in [0.3, 0.4) is 0 Å². The van der Waals surface area contributed by atoms with Crippen LogP contribution in [-0.2, 0) is 47.2 Å². The van der Waals surface area contributed by atoms with Gasteiger partial charge in [-0.05, 0) is 82.5 Å². The summed E-state index contributed by atoms with van der Waals surface area (Å²) in [6.07, 6.45) is 4.94. The van der Waals surface area contributed by atoms with Gasteiger partial charge in [-0.2, -0.15) is 0 Å². The molecule has 2 aromatic carbocycles. The molecule has 1 spiro atoms. The number of carbonyl (C=O) groups excluding carboxylic acids is 4. The molecule has 4 aliphatic heterocycles. The minimum atomic E-state index is -3.10. The lowest BCUT2D eigenvalue weighted by Crippen LogP contribution is -2.55. The SMILES string of the molecule is CC(=O)OC1CC(=O)N1c1ccc2c(c1)[C@]1(O[C@@H](CC(=O)N3Cc4ccccc4C[C@H]3CO)[C@H]([Si](C)(C)O)[C@H]1C)C(=O)N2C/C=C(\C)CCC=C(C)C. The van der Waals surface area contributed by atoms with Crippen LogP contribution >= 0.6 is 0 Å². The van der Waals surface area contributed by atoms with E-state index in [4.69, 9.17) is 9.47 Å². The Hall–Kier alpha value is -4.10. The molecule has 4 aliphatic rings. The van der Waals surface area contributed by atoms with Crippen molar-refractivity contribution in [3.05, 3.63) is 82.5 Å². The molecule has 0 bridgehead atoms. The number of esters is 1. The van der Waals surface area contributed by atoms with E-state index in [1.54, 1.807) is 21.9 Å². The first kappa shape index (κ1) is 38.6. The zero-order valence-corrected chi connectivity index (χ0v) is 32.9. The summed E-state index contributed by atoms with van der Waals surface area (Å²) >= 11 is 0. The van der Waals surface area contributed by atoms with E-state index in [9.17, 15) is 24.3 Å². The van der Waals surface area contributed by atoms with Crippen molar-refractivity contribution in [1.29, 1.82) is 0 Å². The topological polar surface area (TPSA) is 137 Å². The number of anilines is 2. The summed E-state index contributed by atoms with van der Waals surface area (Å²) in [6, 6.07) is 12.8. The van der Waals surface area contributed by atoms with Crippen LogP contribution in [0.5, 0.6) is 0 Å². The van der Waals surface area contributed by atoms with Gasteiger partial charge >= 0.3 is 5.97 Å². The Kier molecular flexibility index (Phi) is 10.9. The Morgan fingerprint density at radius 3 is 2.40 bits per heavy atom. The number of hydrogen-bond acceptors (Lipinski definition) is 8. The molecule has 53 heavy (non-hydrogen) atoms. The van der Waals surface area contributed by atoms with Crippen LogP contribution < -0.4 is 9.80 Å². The largest absolute Gasteiger partial charge is 0.441 e. The van der Waals surface area contributed by atoms with E-state index >= 15 is 4.79 Å². The zero-order chi connectivity index (χ0) is 38.4. The van der Waals surface area contributed by atoms with Gasteiger partial charge in [0.2, 0.25) is 11.8 Å². The van der Waals surface area contributed by atoms with Crippen molar-refractivity contribution >= 4 is 43.4 Å². The number of allylic oxidation sites excluding steroid dienone is 3. The van der Waals surface area contributed by atoms with E-state index in [0.29, 0.717) is 36.4 Å². The lowest BCUT2D eigenvalue weighted by molar-refractivity contribution is -0.154. The fraction of sp³-hybridized carbons (Fsp3) is 0.512. The molecule has 0 aromatic heterocycles. The molecule has 2 N–H and O–H groups in total. The first-order valence-electron chi connectivity index (χ1n) is 18.7. The summed E-state index contributed by atoms with van der Waals surface area (Å²) in [7, 11) is -3.10. The van der Waals surface area contributed by atoms with E-state index < -0.39 is 49.7 Å². The van der Waals surface area contributed by atoms with Gasteiger partial charge in [0.05, 0.1) is 37.3 Å². The Labute approximate surface area is 313 Å². The maximum Gasteiger partial charge on any atom is 0.304 e. The minimum Gasteiger partial charge on any atom is -0.441 e. The molecule has 2 fully saturated rings. The van der Waals surface area contributed by atoms with Crippen LogP contribution in [0, 0.1) is 5.92 Å². The number of amides is 3. The van der Waals surface area contributed by atoms with E-state index in [0.717, 1.165) is 29.5 Å². The van der Waals surface area contributed by atoms with Crippen LogP contribution in [0.25, 0.3) is 0 Å². The molecule has 4 heterocycles. The number of β-lactam (4-membered cyclic amide) rings is 1. The van der Waals surface area contributed by atoms with Gasteiger partial charge in [0.25, 0.3) is 5.91 Å². The lowest BCUT2D eigenvalue weighted by atomic mass is 9.82. The number of aliphatic hydroxyl groups is 1. The highest BCUT2D eigenvalue weighted by Gasteiger charge is 2.66. The Morgan fingerprint density at radius 2 is 1.75 bits per heavy atom. The third kappa shape index (κ3) is 7.26. The normalized spacial score (nSPS) is 26.8. The quantitative estimate of drug-likeness (QED) is 0.134. The fourth-order valence-electron chi connectivity index (χ4n) is 8.85. The van der Waals surface area contributed by atoms with Crippen molar-refractivity contribution in [2.75, 3.05) is 23.0 Å². The molecule has 12 heteroatoms. The summed E-state index contributed by atoms with van der Waals surface area (Å²) in [5, 5.41) is 10.3. The number of hydrogen-bond donors (Lipinski definition) is 2. The number of ether oxygens (including phenoxy) is 2. The summed E-state index contributed by atoms with van der Waals surface area (Å²) in [5.41, 5.74) is 4.12. The van der Waals surface area contributed by atoms with Crippen LogP contribution in [0.1, 0.15) is 77.0 Å². The maximum absolute atomic E-state index is 15.0. The highest BCUT2D eigenvalue weighted by Crippen LogP contribution is 2.60. The molecule has 0 aliphatic carbocycles. The summed E-state index contributed by atoms with van der Waals surface area (Å²) in [6.45, 7) is 13.5. The van der Waals surface area contributed by atoms with Gasteiger partial charge in [-0.25, -0.2) is 0 Å². The lowest BCUT2D eigenvalue weighted by Gasteiger charge is -2.39. The van der Waals surface area contributed by atoms with Crippen molar-refractivity contribution in [2.45, 2.75) is 116 Å². The number of carbonyl (C=O) groups is 4. The third-order valence-electron chi connectivity index (χ3n) is 11.4. The second kappa shape index (κ2) is 15.0. The standard InChI is InChI=1S/C41H53N3O8Si/c1-25(2)11-10-12-26(3)17-18-42-34-16-15-31(44-37(48)22-38(44)51-28(5)46)20-33(34)41(40(42)49)27(4)39(53(6,7)50)35(52-41)21-36(47)43-23-30-14-9-8-13-29(30)19-32(43)24-45/h8-9,11,13-17,20,27,32,35,38-39,45,50H,10,12,18-19,21-24H2,1-7H3/b26-17+/t27-,32+,35+,38?,39-,41+/m1/s1. The molecule has 6 atom stereocenters. The van der Waals surface area contributed by atoms with Gasteiger partial charge in [-0.15, -0.1) is 0 Å². The highest BCUT2D eigenvalue weighted by atomic mass is 28.4. The van der Waals surface area contributed by atoms with Gasteiger partial charge < -0.3 is 29.2 Å². The first-order valence-corrected chi connectivity index (χ1v) is 21.7. The molecule has 2 saturated heterocycles. The fourth-order valence-corrected chi connectivity index (χ4v) is 11.4. The van der Waals surface area contributed by atoms with Crippen molar-refractivity contribution in [3.63, 3.8) is 0 Å². The van der Waals surface area contributed by atoms with Crippen LogP contribution in [0.15, 0.2) is 65.8 Å². The molecule has 11 nitrogen and oxygen atoms in total.